The molecule has 138 valence electrons. The zero-order valence-corrected chi connectivity index (χ0v) is 15.3. The Morgan fingerprint density at radius 2 is 2.16 bits per heavy atom. The van der Waals surface area contributed by atoms with Crippen molar-refractivity contribution in [1.82, 2.24) is 10.2 Å². The summed E-state index contributed by atoms with van der Waals surface area (Å²) in [6.45, 7) is 6.79. The van der Waals surface area contributed by atoms with Crippen molar-refractivity contribution in [3.05, 3.63) is 35.4 Å². The Balaban J connectivity index is 1.44. The van der Waals surface area contributed by atoms with Gasteiger partial charge in [0.05, 0.1) is 12.2 Å². The number of piperidine rings is 1. The van der Waals surface area contributed by atoms with E-state index < -0.39 is 0 Å². The summed E-state index contributed by atoms with van der Waals surface area (Å²) >= 11 is 0. The van der Waals surface area contributed by atoms with Crippen LogP contribution in [0, 0.1) is 12.3 Å². The molecule has 5 nitrogen and oxygen atoms in total. The lowest BCUT2D eigenvalue weighted by Gasteiger charge is -2.56. The van der Waals surface area contributed by atoms with Crippen LogP contribution in [0.4, 0.5) is 4.79 Å². The van der Waals surface area contributed by atoms with Crippen LogP contribution in [-0.2, 0) is 11.2 Å². The second kappa shape index (κ2) is 7.75. The van der Waals surface area contributed by atoms with Crippen LogP contribution in [0.3, 0.4) is 0 Å². The zero-order valence-electron chi connectivity index (χ0n) is 15.3. The van der Waals surface area contributed by atoms with E-state index in [2.05, 4.69) is 36.5 Å². The summed E-state index contributed by atoms with van der Waals surface area (Å²) in [6.07, 6.45) is 3.09. The molecule has 0 bridgehead atoms. The Hall–Kier alpha value is -1.59. The third-order valence-corrected chi connectivity index (χ3v) is 5.86. The van der Waals surface area contributed by atoms with Gasteiger partial charge in [0.2, 0.25) is 0 Å². The van der Waals surface area contributed by atoms with Crippen LogP contribution in [0.5, 0.6) is 0 Å². The van der Waals surface area contributed by atoms with Gasteiger partial charge in [-0.2, -0.15) is 0 Å². The van der Waals surface area contributed by atoms with Gasteiger partial charge in [-0.3, -0.25) is 0 Å². The maximum atomic E-state index is 12.4. The molecule has 0 unspecified atom stereocenters. The van der Waals surface area contributed by atoms with Crippen molar-refractivity contribution in [2.24, 2.45) is 5.41 Å². The largest absolute Gasteiger partial charge is 0.392 e. The van der Waals surface area contributed by atoms with Crippen LogP contribution in [0.15, 0.2) is 24.3 Å². The molecular weight excluding hydrogens is 316 g/mol. The number of amides is 2. The fourth-order valence-corrected chi connectivity index (χ4v) is 4.24. The molecule has 0 radical (unpaired) electrons. The fraction of sp³-hybridized carbons (Fsp3) is 0.650. The summed E-state index contributed by atoms with van der Waals surface area (Å²) in [5, 5.41) is 13.3. The maximum absolute atomic E-state index is 12.4. The summed E-state index contributed by atoms with van der Waals surface area (Å²) in [7, 11) is 0. The standard InChI is InChI=1S/C20H30N2O3/c1-3-25-18-14-17(23)20(18)8-11-22(12-9-20)19(24)21-10-7-16-6-4-5-15(2)13-16/h4-6,13,17-18,23H,3,7-12,14H2,1-2H3,(H,21,24)/t17-,18-/m0/s1. The molecule has 2 amide bonds. The average Bonchev–Trinajstić information content (AvgIpc) is 2.62. The quantitative estimate of drug-likeness (QED) is 0.861. The van der Waals surface area contributed by atoms with Gasteiger partial charge in [0.1, 0.15) is 0 Å². The van der Waals surface area contributed by atoms with Gasteiger partial charge in [0, 0.05) is 38.1 Å². The molecule has 1 saturated carbocycles. The lowest BCUT2D eigenvalue weighted by Crippen LogP contribution is -2.63. The predicted molar refractivity (Wildman–Crippen MR) is 97.6 cm³/mol. The first-order valence-electron chi connectivity index (χ1n) is 9.43. The van der Waals surface area contributed by atoms with E-state index in [-0.39, 0.29) is 23.7 Å². The normalized spacial score (nSPS) is 24.8. The summed E-state index contributed by atoms with van der Waals surface area (Å²) in [6, 6.07) is 8.38. The van der Waals surface area contributed by atoms with E-state index in [9.17, 15) is 9.90 Å². The van der Waals surface area contributed by atoms with Gasteiger partial charge < -0.3 is 20.1 Å². The highest BCUT2D eigenvalue weighted by Crippen LogP contribution is 2.50. The summed E-state index contributed by atoms with van der Waals surface area (Å²) < 4.78 is 5.78. The molecule has 1 aromatic rings. The SMILES string of the molecule is CCO[C@H]1C[C@H](O)C12CCN(C(=O)NCCc1cccc(C)c1)CC2. The first-order chi connectivity index (χ1) is 12.0. The molecule has 5 heteroatoms. The Bertz CT molecular complexity index is 594. The van der Waals surface area contributed by atoms with Crippen molar-refractivity contribution in [3.8, 4) is 0 Å². The van der Waals surface area contributed by atoms with Gasteiger partial charge in [-0.05, 0) is 38.7 Å². The monoisotopic (exact) mass is 346 g/mol. The number of likely N-dealkylation sites (tertiary alicyclic amines) is 1. The Morgan fingerprint density at radius 1 is 1.40 bits per heavy atom. The topological polar surface area (TPSA) is 61.8 Å². The third-order valence-electron chi connectivity index (χ3n) is 5.86. The molecule has 2 fully saturated rings. The van der Waals surface area contributed by atoms with Crippen molar-refractivity contribution >= 4 is 6.03 Å². The van der Waals surface area contributed by atoms with E-state index in [0.717, 1.165) is 25.7 Å². The lowest BCUT2D eigenvalue weighted by atomic mass is 9.58. The average molecular weight is 346 g/mol. The van der Waals surface area contributed by atoms with E-state index in [1.165, 1.54) is 11.1 Å². The predicted octanol–water partition coefficient (Wildman–Crippen LogP) is 2.50. The fourth-order valence-electron chi connectivity index (χ4n) is 4.24. The summed E-state index contributed by atoms with van der Waals surface area (Å²) in [5.41, 5.74) is 2.36. The van der Waals surface area contributed by atoms with Crippen LogP contribution in [0.2, 0.25) is 0 Å². The van der Waals surface area contributed by atoms with Crippen LogP contribution >= 0.6 is 0 Å². The number of urea groups is 1. The maximum Gasteiger partial charge on any atom is 0.317 e. The van der Waals surface area contributed by atoms with E-state index in [1.807, 2.05) is 11.8 Å². The number of aryl methyl sites for hydroxylation is 1. The van der Waals surface area contributed by atoms with E-state index in [0.29, 0.717) is 26.2 Å². The van der Waals surface area contributed by atoms with Gasteiger partial charge in [0.15, 0.2) is 0 Å². The van der Waals surface area contributed by atoms with Crippen molar-refractivity contribution in [2.75, 3.05) is 26.2 Å². The number of hydrogen-bond donors (Lipinski definition) is 2. The Kier molecular flexibility index (Phi) is 5.64. The van der Waals surface area contributed by atoms with Gasteiger partial charge in [0.25, 0.3) is 0 Å². The number of nitrogens with one attached hydrogen (secondary N) is 1. The van der Waals surface area contributed by atoms with Crippen LogP contribution in [0.1, 0.15) is 37.3 Å². The number of rotatable bonds is 5. The number of carbonyl (C=O) groups is 1. The van der Waals surface area contributed by atoms with Crippen LogP contribution in [0.25, 0.3) is 0 Å². The van der Waals surface area contributed by atoms with E-state index in [1.54, 1.807) is 0 Å². The number of carbonyl (C=O) groups excluding carboxylic acids is 1. The minimum absolute atomic E-state index is 0.00396. The van der Waals surface area contributed by atoms with Crippen molar-refractivity contribution in [1.29, 1.82) is 0 Å². The van der Waals surface area contributed by atoms with E-state index in [4.69, 9.17) is 4.74 Å². The molecule has 2 atom stereocenters. The van der Waals surface area contributed by atoms with Gasteiger partial charge in [-0.25, -0.2) is 4.79 Å². The first kappa shape index (κ1) is 18.2. The number of hydrogen-bond acceptors (Lipinski definition) is 3. The van der Waals surface area contributed by atoms with Gasteiger partial charge in [-0.15, -0.1) is 0 Å². The third kappa shape index (κ3) is 3.82. The Labute approximate surface area is 150 Å². The number of benzene rings is 1. The zero-order chi connectivity index (χ0) is 17.9. The van der Waals surface area contributed by atoms with Crippen LogP contribution in [-0.4, -0.2) is 54.5 Å². The molecule has 3 rings (SSSR count). The van der Waals surface area contributed by atoms with Gasteiger partial charge >= 0.3 is 6.03 Å². The minimum Gasteiger partial charge on any atom is -0.392 e. The molecule has 1 aromatic carbocycles. The molecule has 1 aliphatic heterocycles. The van der Waals surface area contributed by atoms with Crippen molar-refractivity contribution in [3.63, 3.8) is 0 Å². The Morgan fingerprint density at radius 3 is 2.80 bits per heavy atom. The van der Waals surface area contributed by atoms with E-state index >= 15 is 0 Å². The second-order valence-corrected chi connectivity index (χ2v) is 7.39. The molecule has 25 heavy (non-hydrogen) atoms. The smallest absolute Gasteiger partial charge is 0.317 e. The highest BCUT2D eigenvalue weighted by molar-refractivity contribution is 5.74. The molecular formula is C20H30N2O3. The number of nitrogens with zero attached hydrogens (tertiary/aromatic N) is 1. The molecule has 1 aliphatic carbocycles. The number of aliphatic hydroxyl groups excluding tert-OH is 1. The molecule has 1 heterocycles. The van der Waals surface area contributed by atoms with Crippen LogP contribution < -0.4 is 5.32 Å². The number of aliphatic hydroxyl groups is 1. The lowest BCUT2D eigenvalue weighted by molar-refractivity contribution is -0.207. The number of ether oxygens (including phenoxy) is 1. The van der Waals surface area contributed by atoms with Crippen molar-refractivity contribution in [2.45, 2.75) is 51.7 Å². The first-order valence-corrected chi connectivity index (χ1v) is 9.43. The molecule has 1 saturated heterocycles. The molecule has 2 N–H and O–H groups in total. The second-order valence-electron chi connectivity index (χ2n) is 7.39. The highest BCUT2D eigenvalue weighted by atomic mass is 16.5. The minimum atomic E-state index is -0.282. The molecule has 2 aliphatic rings. The summed E-state index contributed by atoms with van der Waals surface area (Å²) in [4.78, 5) is 14.3. The molecule has 0 aromatic heterocycles. The molecule has 1 spiro atoms. The summed E-state index contributed by atoms with van der Waals surface area (Å²) in [5.74, 6) is 0. The highest BCUT2D eigenvalue weighted by Gasteiger charge is 2.56. The van der Waals surface area contributed by atoms with Gasteiger partial charge in [-0.1, -0.05) is 29.8 Å². The van der Waals surface area contributed by atoms with Crippen molar-refractivity contribution < 1.29 is 14.6 Å².